The lowest BCUT2D eigenvalue weighted by molar-refractivity contribution is 0.0696. The van der Waals surface area contributed by atoms with Gasteiger partial charge in [0.1, 0.15) is 11.5 Å². The summed E-state index contributed by atoms with van der Waals surface area (Å²) in [5.74, 6) is -1.39. The lowest BCUT2D eigenvalue weighted by Crippen LogP contribution is -1.96. The van der Waals surface area contributed by atoms with Crippen LogP contribution in [0.4, 0.5) is 4.39 Å². The van der Waals surface area contributed by atoms with E-state index in [0.717, 1.165) is 5.69 Å². The molecule has 0 atom stereocenters. The summed E-state index contributed by atoms with van der Waals surface area (Å²) in [5.41, 5.74) is 3.02. The summed E-state index contributed by atoms with van der Waals surface area (Å²) in [6, 6.07) is 18.9. The Kier molecular flexibility index (Phi) is 4.99. The summed E-state index contributed by atoms with van der Waals surface area (Å²) >= 11 is 0. The molecule has 142 valence electrons. The van der Waals surface area contributed by atoms with Crippen molar-refractivity contribution in [3.8, 4) is 16.9 Å². The number of benzene rings is 2. The Labute approximate surface area is 166 Å². The molecular weight excluding hydrogens is 369 g/mol. The average Bonchev–Trinajstić information content (AvgIpc) is 3.17. The molecule has 1 N–H and O–H groups in total. The predicted octanol–water partition coefficient (Wildman–Crippen LogP) is 4.94. The molecule has 0 saturated heterocycles. The summed E-state index contributed by atoms with van der Waals surface area (Å²) in [5, 5.41) is 13.7. The number of para-hydroxylation sites is 1. The zero-order chi connectivity index (χ0) is 20.2. The van der Waals surface area contributed by atoms with Gasteiger partial charge in [0.15, 0.2) is 0 Å². The van der Waals surface area contributed by atoms with Gasteiger partial charge >= 0.3 is 5.97 Å². The Morgan fingerprint density at radius 1 is 1.00 bits per heavy atom. The van der Waals surface area contributed by atoms with Gasteiger partial charge in [-0.2, -0.15) is 5.10 Å². The van der Waals surface area contributed by atoms with Gasteiger partial charge in [-0.15, -0.1) is 0 Å². The topological polar surface area (TPSA) is 68.0 Å². The number of carbonyl (C=O) groups is 1. The fraction of sp³-hybridized carbons (Fsp3) is 0. The van der Waals surface area contributed by atoms with E-state index in [9.17, 15) is 9.18 Å². The first-order chi connectivity index (χ1) is 14.1. The zero-order valence-electron chi connectivity index (χ0n) is 15.2. The lowest BCUT2D eigenvalue weighted by atomic mass is 10.1. The number of carboxylic acid groups (broad SMARTS) is 1. The fourth-order valence-electron chi connectivity index (χ4n) is 2.93. The van der Waals surface area contributed by atoms with Crippen molar-refractivity contribution >= 4 is 18.1 Å². The van der Waals surface area contributed by atoms with Crippen LogP contribution in [0.3, 0.4) is 0 Å². The minimum absolute atomic E-state index is 0.147. The van der Waals surface area contributed by atoms with Gasteiger partial charge in [0.25, 0.3) is 0 Å². The van der Waals surface area contributed by atoms with Crippen molar-refractivity contribution in [1.82, 2.24) is 14.8 Å². The number of halogens is 1. The maximum Gasteiger partial charge on any atom is 0.335 e. The molecule has 0 bridgehead atoms. The number of aromatic carboxylic acids is 1. The van der Waals surface area contributed by atoms with Crippen molar-refractivity contribution in [1.29, 1.82) is 0 Å². The molecule has 0 spiro atoms. The molecule has 4 rings (SSSR count). The molecule has 0 aliphatic rings. The third-order valence-corrected chi connectivity index (χ3v) is 4.35. The number of nitrogens with zero attached hydrogens (tertiary/aromatic N) is 3. The van der Waals surface area contributed by atoms with Crippen molar-refractivity contribution in [2.24, 2.45) is 0 Å². The molecule has 0 aliphatic heterocycles. The molecule has 2 aromatic heterocycles. The Bertz CT molecular complexity index is 1200. The van der Waals surface area contributed by atoms with E-state index in [4.69, 9.17) is 5.11 Å². The van der Waals surface area contributed by atoms with E-state index in [1.54, 1.807) is 41.2 Å². The van der Waals surface area contributed by atoms with Crippen molar-refractivity contribution in [3.05, 3.63) is 102 Å². The highest BCUT2D eigenvalue weighted by atomic mass is 19.1. The highest BCUT2D eigenvalue weighted by Gasteiger charge is 2.14. The van der Waals surface area contributed by atoms with E-state index in [1.165, 1.54) is 24.4 Å². The van der Waals surface area contributed by atoms with Gasteiger partial charge in [-0.1, -0.05) is 30.3 Å². The fourth-order valence-corrected chi connectivity index (χ4v) is 2.93. The molecule has 0 saturated carbocycles. The van der Waals surface area contributed by atoms with E-state index in [1.807, 2.05) is 30.3 Å². The second-order valence-electron chi connectivity index (χ2n) is 6.30. The monoisotopic (exact) mass is 385 g/mol. The van der Waals surface area contributed by atoms with Gasteiger partial charge < -0.3 is 5.11 Å². The van der Waals surface area contributed by atoms with Crippen LogP contribution in [0.5, 0.6) is 0 Å². The average molecular weight is 385 g/mol. The summed E-state index contributed by atoms with van der Waals surface area (Å²) in [7, 11) is 0. The Morgan fingerprint density at radius 2 is 1.76 bits per heavy atom. The van der Waals surface area contributed by atoms with Crippen molar-refractivity contribution in [2.75, 3.05) is 0 Å². The first-order valence-electron chi connectivity index (χ1n) is 8.89. The third kappa shape index (κ3) is 3.96. The number of hydrogen-bond donors (Lipinski definition) is 1. The molecule has 0 unspecified atom stereocenters. The summed E-state index contributed by atoms with van der Waals surface area (Å²) in [6.07, 6.45) is 6.67. The van der Waals surface area contributed by atoms with E-state index in [-0.39, 0.29) is 11.4 Å². The first kappa shape index (κ1) is 18.3. The van der Waals surface area contributed by atoms with Crippen LogP contribution >= 0.6 is 0 Å². The highest BCUT2D eigenvalue weighted by Crippen LogP contribution is 2.27. The summed E-state index contributed by atoms with van der Waals surface area (Å²) in [6.45, 7) is 0. The SMILES string of the molecule is O=C(O)c1ccnc(/C=C/c2cn(-c3ccccc3)nc2-c2ccccc2F)c1. The van der Waals surface area contributed by atoms with Crippen LogP contribution in [-0.4, -0.2) is 25.8 Å². The third-order valence-electron chi connectivity index (χ3n) is 4.35. The molecule has 4 aromatic rings. The van der Waals surface area contributed by atoms with Crippen molar-refractivity contribution < 1.29 is 14.3 Å². The Hall–Kier alpha value is -4.06. The van der Waals surface area contributed by atoms with Crippen molar-refractivity contribution in [3.63, 3.8) is 0 Å². The summed E-state index contributed by atoms with van der Waals surface area (Å²) < 4.78 is 16.1. The summed E-state index contributed by atoms with van der Waals surface area (Å²) in [4.78, 5) is 15.3. The number of carboxylic acids is 1. The largest absolute Gasteiger partial charge is 0.478 e. The maximum absolute atomic E-state index is 14.4. The van der Waals surface area contributed by atoms with Crippen LogP contribution in [0.1, 0.15) is 21.6 Å². The van der Waals surface area contributed by atoms with E-state index < -0.39 is 5.97 Å². The predicted molar refractivity (Wildman–Crippen MR) is 109 cm³/mol. The van der Waals surface area contributed by atoms with Gasteiger partial charge in [-0.25, -0.2) is 13.9 Å². The number of pyridine rings is 1. The molecule has 2 heterocycles. The zero-order valence-corrected chi connectivity index (χ0v) is 15.2. The smallest absolute Gasteiger partial charge is 0.335 e. The first-order valence-corrected chi connectivity index (χ1v) is 8.89. The number of rotatable bonds is 5. The van der Waals surface area contributed by atoms with Gasteiger partial charge in [0.2, 0.25) is 0 Å². The molecule has 0 radical (unpaired) electrons. The molecule has 2 aromatic carbocycles. The Balaban J connectivity index is 1.79. The minimum atomic E-state index is -1.02. The number of hydrogen-bond acceptors (Lipinski definition) is 3. The van der Waals surface area contributed by atoms with Gasteiger partial charge in [0, 0.05) is 23.5 Å². The molecule has 0 aliphatic carbocycles. The quantitative estimate of drug-likeness (QED) is 0.528. The van der Waals surface area contributed by atoms with E-state index in [0.29, 0.717) is 22.5 Å². The van der Waals surface area contributed by atoms with E-state index >= 15 is 0 Å². The number of aromatic nitrogens is 3. The molecule has 5 nitrogen and oxygen atoms in total. The van der Waals surface area contributed by atoms with Gasteiger partial charge in [-0.3, -0.25) is 4.98 Å². The van der Waals surface area contributed by atoms with Crippen LogP contribution < -0.4 is 0 Å². The van der Waals surface area contributed by atoms with Crippen molar-refractivity contribution in [2.45, 2.75) is 0 Å². The standard InChI is InChI=1S/C23H16FN3O2/c24-21-9-5-4-8-20(21)22-17(15-27(26-22)19-6-2-1-3-7-19)10-11-18-14-16(23(28)29)12-13-25-18/h1-15H,(H,28,29)/b11-10+. The van der Waals surface area contributed by atoms with E-state index in [2.05, 4.69) is 10.1 Å². The second kappa shape index (κ2) is 7.90. The molecule has 6 heteroatoms. The van der Waals surface area contributed by atoms with Crippen LogP contribution in [0, 0.1) is 5.82 Å². The highest BCUT2D eigenvalue weighted by molar-refractivity contribution is 5.88. The van der Waals surface area contributed by atoms with Crippen LogP contribution in [0.25, 0.3) is 29.1 Å². The van der Waals surface area contributed by atoms with Gasteiger partial charge in [0.05, 0.1) is 16.9 Å². The van der Waals surface area contributed by atoms with Gasteiger partial charge in [-0.05, 0) is 48.6 Å². The maximum atomic E-state index is 14.4. The molecule has 0 fully saturated rings. The second-order valence-corrected chi connectivity index (χ2v) is 6.30. The molecular formula is C23H16FN3O2. The lowest BCUT2D eigenvalue weighted by Gasteiger charge is -2.01. The minimum Gasteiger partial charge on any atom is -0.478 e. The molecule has 0 amide bonds. The normalized spacial score (nSPS) is 11.1. The molecule has 29 heavy (non-hydrogen) atoms. The van der Waals surface area contributed by atoms with Crippen LogP contribution in [-0.2, 0) is 0 Å². The van der Waals surface area contributed by atoms with Crippen LogP contribution in [0.15, 0.2) is 79.1 Å². The Morgan fingerprint density at radius 3 is 2.52 bits per heavy atom. The van der Waals surface area contributed by atoms with Crippen LogP contribution in [0.2, 0.25) is 0 Å².